The van der Waals surface area contributed by atoms with Crippen LogP contribution < -0.4 is 4.90 Å². The molecule has 2 saturated heterocycles. The number of hydrogen-bond donors (Lipinski definition) is 1. The Morgan fingerprint density at radius 1 is 1.21 bits per heavy atom. The van der Waals surface area contributed by atoms with E-state index in [9.17, 15) is 15.2 Å². The number of piperidine rings is 1. The van der Waals surface area contributed by atoms with Gasteiger partial charge in [-0.15, -0.1) is 0 Å². The van der Waals surface area contributed by atoms with Crippen molar-refractivity contribution in [2.24, 2.45) is 5.92 Å². The van der Waals surface area contributed by atoms with Gasteiger partial charge in [-0.05, 0) is 45.2 Å². The zero-order chi connectivity index (χ0) is 23.1. The highest BCUT2D eigenvalue weighted by atomic mass is 16.3. The molecule has 9 heteroatoms. The fourth-order valence-corrected chi connectivity index (χ4v) is 4.88. The van der Waals surface area contributed by atoms with E-state index in [0.29, 0.717) is 31.0 Å². The second kappa shape index (κ2) is 8.45. The van der Waals surface area contributed by atoms with Gasteiger partial charge in [0.25, 0.3) is 5.91 Å². The normalized spacial score (nSPS) is 23.2. The summed E-state index contributed by atoms with van der Waals surface area (Å²) in [6.45, 7) is 5.35. The smallest absolute Gasteiger partial charge is 0.273 e. The van der Waals surface area contributed by atoms with E-state index in [4.69, 9.17) is 10.1 Å². The van der Waals surface area contributed by atoms with Crippen LogP contribution >= 0.6 is 0 Å². The molecule has 33 heavy (non-hydrogen) atoms. The number of pyridine rings is 1. The highest BCUT2D eigenvalue weighted by molar-refractivity contribution is 5.92. The number of β-amino-alcohol motifs (C(OH)–C–C–N with tert-alkyl or cyclic N) is 1. The Morgan fingerprint density at radius 3 is 2.82 bits per heavy atom. The molecule has 1 N–H and O–H groups in total. The second-order valence-corrected chi connectivity index (χ2v) is 9.00. The van der Waals surface area contributed by atoms with Gasteiger partial charge in [0.2, 0.25) is 0 Å². The molecule has 0 radical (unpaired) electrons. The Hall–Kier alpha value is -3.51. The van der Waals surface area contributed by atoms with Gasteiger partial charge in [0.15, 0.2) is 5.65 Å². The second-order valence-electron chi connectivity index (χ2n) is 9.00. The van der Waals surface area contributed by atoms with E-state index in [0.717, 1.165) is 42.0 Å². The van der Waals surface area contributed by atoms with Gasteiger partial charge in [-0.3, -0.25) is 4.79 Å². The molecule has 0 saturated carbocycles. The lowest BCUT2D eigenvalue weighted by atomic mass is 9.99. The molecular formula is C24H27N7O2. The third kappa shape index (κ3) is 3.91. The van der Waals surface area contributed by atoms with Crippen LogP contribution in [0, 0.1) is 31.1 Å². The average Bonchev–Trinajstić information content (AvgIpc) is 3.40. The number of aryl methyl sites for hydroxylation is 2. The number of nitriles is 1. The Bertz CT molecular complexity index is 1250. The molecule has 1 amide bonds. The molecule has 170 valence electrons. The fourth-order valence-electron chi connectivity index (χ4n) is 4.88. The lowest BCUT2D eigenvalue weighted by Crippen LogP contribution is -2.39. The van der Waals surface area contributed by atoms with Gasteiger partial charge < -0.3 is 14.9 Å². The van der Waals surface area contributed by atoms with Gasteiger partial charge in [0.05, 0.1) is 29.8 Å². The van der Waals surface area contributed by atoms with Crippen molar-refractivity contribution >= 4 is 17.4 Å². The molecule has 0 aliphatic carbocycles. The Morgan fingerprint density at radius 2 is 2.06 bits per heavy atom. The zero-order valence-corrected chi connectivity index (χ0v) is 18.8. The van der Waals surface area contributed by atoms with E-state index in [1.54, 1.807) is 10.6 Å². The van der Waals surface area contributed by atoms with Crippen molar-refractivity contribution < 1.29 is 9.90 Å². The molecule has 2 aliphatic heterocycles. The number of nitrogens with zero attached hydrogens (tertiary/aromatic N) is 7. The van der Waals surface area contributed by atoms with Crippen LogP contribution in [0.4, 0.5) is 5.82 Å². The van der Waals surface area contributed by atoms with Gasteiger partial charge in [-0.25, -0.2) is 14.5 Å². The number of likely N-dealkylation sites (tertiary alicyclic amines) is 1. The first kappa shape index (κ1) is 21.3. The molecule has 3 aromatic rings. The molecule has 0 spiro atoms. The number of anilines is 1. The summed E-state index contributed by atoms with van der Waals surface area (Å²) in [5.41, 5.74) is 3.70. The average molecular weight is 446 g/mol. The third-order valence-electron chi connectivity index (χ3n) is 6.59. The number of rotatable bonds is 3. The van der Waals surface area contributed by atoms with Crippen LogP contribution in [0.15, 0.2) is 30.5 Å². The first-order valence-electron chi connectivity index (χ1n) is 11.4. The maximum absolute atomic E-state index is 13.3. The van der Waals surface area contributed by atoms with Gasteiger partial charge in [0.1, 0.15) is 11.5 Å². The van der Waals surface area contributed by atoms with Gasteiger partial charge in [-0.2, -0.15) is 10.4 Å². The molecule has 5 rings (SSSR count). The summed E-state index contributed by atoms with van der Waals surface area (Å²) in [7, 11) is 0. The van der Waals surface area contributed by atoms with Crippen LogP contribution in [0.3, 0.4) is 0 Å². The first-order valence-corrected chi connectivity index (χ1v) is 11.4. The quantitative estimate of drug-likeness (QED) is 0.659. The van der Waals surface area contributed by atoms with Crippen molar-refractivity contribution in [2.75, 3.05) is 24.5 Å². The van der Waals surface area contributed by atoms with Crippen molar-refractivity contribution in [2.45, 2.75) is 45.3 Å². The van der Waals surface area contributed by atoms with Crippen molar-refractivity contribution in [3.05, 3.63) is 53.1 Å². The summed E-state index contributed by atoms with van der Waals surface area (Å²) >= 11 is 0. The minimum atomic E-state index is -0.676. The summed E-state index contributed by atoms with van der Waals surface area (Å²) in [6, 6.07) is 9.49. The van der Waals surface area contributed by atoms with Crippen LogP contribution in [-0.2, 0) is 0 Å². The number of hydrogen-bond acceptors (Lipinski definition) is 7. The van der Waals surface area contributed by atoms with Crippen molar-refractivity contribution in [3.63, 3.8) is 0 Å². The molecule has 2 fully saturated rings. The number of aliphatic hydroxyl groups is 1. The van der Waals surface area contributed by atoms with Gasteiger partial charge in [0, 0.05) is 43.2 Å². The van der Waals surface area contributed by atoms with Crippen LogP contribution in [-0.4, -0.2) is 61.2 Å². The van der Waals surface area contributed by atoms with E-state index in [1.165, 1.54) is 0 Å². The highest BCUT2D eigenvalue weighted by Crippen LogP contribution is 2.33. The number of carbonyl (C=O) groups is 1. The lowest BCUT2D eigenvalue weighted by Gasteiger charge is -2.34. The van der Waals surface area contributed by atoms with E-state index in [2.05, 4.69) is 11.1 Å². The maximum atomic E-state index is 13.3. The number of aromatic nitrogens is 4. The zero-order valence-electron chi connectivity index (χ0n) is 18.8. The molecule has 9 nitrogen and oxygen atoms in total. The summed E-state index contributed by atoms with van der Waals surface area (Å²) in [5.74, 6) is 0.269. The molecular weight excluding hydrogens is 418 g/mol. The van der Waals surface area contributed by atoms with E-state index in [1.807, 2.05) is 48.0 Å². The maximum Gasteiger partial charge on any atom is 0.273 e. The molecule has 3 aromatic heterocycles. The highest BCUT2D eigenvalue weighted by Gasteiger charge is 2.34. The van der Waals surface area contributed by atoms with Crippen molar-refractivity contribution in [1.82, 2.24) is 24.5 Å². The summed E-state index contributed by atoms with van der Waals surface area (Å²) in [4.78, 5) is 26.4. The van der Waals surface area contributed by atoms with Crippen molar-refractivity contribution in [3.8, 4) is 6.07 Å². The minimum absolute atomic E-state index is 0.0705. The Balaban J connectivity index is 1.46. The Kier molecular flexibility index (Phi) is 5.46. The Labute approximate surface area is 192 Å². The standard InChI is InChI=1S/C24H27N7O2/c1-15-12-31-22(27-23(15)29-13-17(11-25)21(32)14-29)10-19(28-31)20-8-3-4-9-30(20)24(33)18-7-5-6-16(2)26-18/h5-7,10,12,17,20-21,32H,3-4,8-9,13-14H2,1-2H3. The topological polar surface area (TPSA) is 111 Å². The predicted octanol–water partition coefficient (Wildman–Crippen LogP) is 2.43. The number of fused-ring (bicyclic) bond motifs is 1. The largest absolute Gasteiger partial charge is 0.390 e. The predicted molar refractivity (Wildman–Crippen MR) is 122 cm³/mol. The molecule has 3 atom stereocenters. The van der Waals surface area contributed by atoms with Gasteiger partial charge >= 0.3 is 0 Å². The van der Waals surface area contributed by atoms with E-state index < -0.39 is 12.0 Å². The molecule has 3 unspecified atom stereocenters. The summed E-state index contributed by atoms with van der Waals surface area (Å²) < 4.78 is 1.75. The number of aliphatic hydroxyl groups excluding tert-OH is 1. The number of carbonyl (C=O) groups excluding carboxylic acids is 1. The summed E-state index contributed by atoms with van der Waals surface area (Å²) in [5, 5.41) is 24.2. The fraction of sp³-hybridized carbons (Fsp3) is 0.458. The molecule has 5 heterocycles. The van der Waals surface area contributed by atoms with Crippen LogP contribution in [0.2, 0.25) is 0 Å². The summed E-state index contributed by atoms with van der Waals surface area (Å²) in [6.07, 6.45) is 4.08. The van der Waals surface area contributed by atoms with Crippen LogP contribution in [0.25, 0.3) is 5.65 Å². The minimum Gasteiger partial charge on any atom is -0.390 e. The van der Waals surface area contributed by atoms with Crippen molar-refractivity contribution in [1.29, 1.82) is 5.26 Å². The third-order valence-corrected chi connectivity index (χ3v) is 6.59. The van der Waals surface area contributed by atoms with Crippen LogP contribution in [0.1, 0.15) is 52.7 Å². The molecule has 0 bridgehead atoms. The number of amides is 1. The SMILES string of the molecule is Cc1cccc(C(=O)N2CCCCC2c2cc3nc(N4CC(O)C(C#N)C4)c(C)cn3n2)n1. The molecule has 0 aromatic carbocycles. The van der Waals surface area contributed by atoms with Crippen LogP contribution in [0.5, 0.6) is 0 Å². The lowest BCUT2D eigenvalue weighted by molar-refractivity contribution is 0.0599. The van der Waals surface area contributed by atoms with E-state index >= 15 is 0 Å². The molecule has 2 aliphatic rings. The monoisotopic (exact) mass is 445 g/mol. The van der Waals surface area contributed by atoms with E-state index in [-0.39, 0.29) is 11.9 Å². The van der Waals surface area contributed by atoms with Gasteiger partial charge in [-0.1, -0.05) is 6.07 Å². The first-order chi connectivity index (χ1) is 15.9.